The summed E-state index contributed by atoms with van der Waals surface area (Å²) in [5.41, 5.74) is 11.2. The number of primary amides is 1. The van der Waals surface area contributed by atoms with Gasteiger partial charge in [0.2, 0.25) is 10.0 Å². The molecule has 0 spiro atoms. The van der Waals surface area contributed by atoms with Crippen molar-refractivity contribution in [1.82, 2.24) is 19.0 Å². The zero-order valence-corrected chi connectivity index (χ0v) is 30.0. The Bertz CT molecular complexity index is 1880. The van der Waals surface area contributed by atoms with Crippen LogP contribution in [0.1, 0.15) is 96.5 Å². The van der Waals surface area contributed by atoms with Gasteiger partial charge in [-0.3, -0.25) is 9.59 Å². The van der Waals surface area contributed by atoms with Gasteiger partial charge in [0, 0.05) is 62.1 Å². The molecule has 4 aliphatic rings. The van der Waals surface area contributed by atoms with E-state index in [0.717, 1.165) is 55.1 Å². The Kier molecular flexibility index (Phi) is 8.75. The first kappa shape index (κ1) is 33.6. The molecule has 0 atom stereocenters. The standard InChI is InChI=1S/C37H49N7O4S/c1-24-20-28(41-16-6-5-7-17-41)11-13-33(24)49(47,48)42-18-14-27(15-19-42)39-31-21-29(10-12-30(31)35(38)45)44-32-22-37(3,4)43(23-26-8-9-26)36(46)34(32)25(2)40-44/h10-13,20-21,26-27,39H,5-9,14-19,22-23H2,1-4H3,(H2,38,45). The smallest absolute Gasteiger partial charge is 0.258 e. The molecule has 0 unspecified atom stereocenters. The van der Waals surface area contributed by atoms with Crippen LogP contribution in [0.4, 0.5) is 11.4 Å². The third-order valence-corrected chi connectivity index (χ3v) is 13.0. The van der Waals surface area contributed by atoms with Crippen molar-refractivity contribution in [3.05, 3.63) is 64.5 Å². The van der Waals surface area contributed by atoms with Crippen molar-refractivity contribution >= 4 is 33.2 Å². The molecule has 3 aliphatic heterocycles. The van der Waals surface area contributed by atoms with Crippen molar-refractivity contribution in [3.8, 4) is 5.69 Å². The van der Waals surface area contributed by atoms with E-state index >= 15 is 0 Å². The van der Waals surface area contributed by atoms with Gasteiger partial charge in [0.25, 0.3) is 11.8 Å². The number of nitrogens with two attached hydrogens (primary N) is 1. The molecule has 3 fully saturated rings. The highest BCUT2D eigenvalue weighted by Gasteiger charge is 2.44. The molecule has 11 nitrogen and oxygen atoms in total. The average molecular weight is 688 g/mol. The van der Waals surface area contributed by atoms with Crippen molar-refractivity contribution in [2.75, 3.05) is 42.9 Å². The van der Waals surface area contributed by atoms with Gasteiger partial charge in [-0.2, -0.15) is 9.40 Å². The minimum absolute atomic E-state index is 0.0313. The third kappa shape index (κ3) is 6.45. The molecule has 1 aliphatic carbocycles. The number of aryl methyl sites for hydroxylation is 2. The topological polar surface area (TPSA) is 134 Å². The summed E-state index contributed by atoms with van der Waals surface area (Å²) < 4.78 is 30.9. The van der Waals surface area contributed by atoms with Crippen LogP contribution in [0, 0.1) is 19.8 Å². The number of carbonyl (C=O) groups excluding carboxylic acids is 2. The summed E-state index contributed by atoms with van der Waals surface area (Å²) in [5.74, 6) is 0.0640. The highest BCUT2D eigenvalue weighted by Crippen LogP contribution is 2.39. The second-order valence-corrected chi connectivity index (χ2v) is 17.0. The second-order valence-electron chi connectivity index (χ2n) is 15.1. The van der Waals surface area contributed by atoms with Crippen LogP contribution in [0.2, 0.25) is 0 Å². The van der Waals surface area contributed by atoms with Crippen LogP contribution >= 0.6 is 0 Å². The quantitative estimate of drug-likeness (QED) is 0.322. The lowest BCUT2D eigenvalue weighted by atomic mass is 9.87. The van der Waals surface area contributed by atoms with Gasteiger partial charge in [0.15, 0.2) is 0 Å². The molecule has 1 saturated carbocycles. The van der Waals surface area contributed by atoms with E-state index in [1.165, 1.54) is 19.3 Å². The van der Waals surface area contributed by atoms with Crippen LogP contribution in [0.15, 0.2) is 41.3 Å². The Morgan fingerprint density at radius 3 is 2.31 bits per heavy atom. The number of hydrogen-bond donors (Lipinski definition) is 2. The Labute approximate surface area is 289 Å². The first-order valence-electron chi connectivity index (χ1n) is 17.8. The van der Waals surface area contributed by atoms with E-state index < -0.39 is 15.9 Å². The Morgan fingerprint density at radius 1 is 0.959 bits per heavy atom. The molecule has 2 amide bonds. The summed E-state index contributed by atoms with van der Waals surface area (Å²) >= 11 is 0. The van der Waals surface area contributed by atoms with Crippen molar-refractivity contribution in [3.63, 3.8) is 0 Å². The zero-order chi connectivity index (χ0) is 34.7. The summed E-state index contributed by atoms with van der Waals surface area (Å²) in [4.78, 5) is 31.0. The Morgan fingerprint density at radius 2 is 1.65 bits per heavy atom. The molecule has 2 saturated heterocycles. The predicted molar refractivity (Wildman–Crippen MR) is 191 cm³/mol. The molecule has 0 bridgehead atoms. The van der Waals surface area contributed by atoms with E-state index in [0.29, 0.717) is 65.7 Å². The van der Waals surface area contributed by atoms with Gasteiger partial charge in [-0.25, -0.2) is 13.1 Å². The van der Waals surface area contributed by atoms with E-state index in [2.05, 4.69) is 24.1 Å². The molecule has 262 valence electrons. The first-order valence-corrected chi connectivity index (χ1v) is 19.2. The van der Waals surface area contributed by atoms with Gasteiger partial charge in [-0.1, -0.05) is 0 Å². The highest BCUT2D eigenvalue weighted by molar-refractivity contribution is 7.89. The number of piperidine rings is 2. The van der Waals surface area contributed by atoms with Crippen molar-refractivity contribution in [2.24, 2.45) is 11.7 Å². The number of benzene rings is 2. The number of carbonyl (C=O) groups is 2. The molecule has 3 N–H and O–H groups in total. The molecule has 2 aromatic carbocycles. The molecule has 4 heterocycles. The number of aromatic nitrogens is 2. The number of nitrogens with one attached hydrogen (secondary N) is 1. The number of anilines is 2. The summed E-state index contributed by atoms with van der Waals surface area (Å²) in [5, 5.41) is 8.34. The lowest BCUT2D eigenvalue weighted by Crippen LogP contribution is -2.53. The predicted octanol–water partition coefficient (Wildman–Crippen LogP) is 5.03. The number of rotatable bonds is 9. The van der Waals surface area contributed by atoms with Crippen LogP contribution < -0.4 is 16.0 Å². The lowest BCUT2D eigenvalue weighted by Gasteiger charge is -2.42. The molecule has 7 rings (SSSR count). The minimum Gasteiger partial charge on any atom is -0.382 e. The maximum Gasteiger partial charge on any atom is 0.258 e. The third-order valence-electron chi connectivity index (χ3n) is 10.9. The van der Waals surface area contributed by atoms with Gasteiger partial charge in [-0.05, 0) is 121 Å². The molecule has 3 aromatic rings. The normalized spacial score (nSPS) is 20.4. The van der Waals surface area contributed by atoms with Gasteiger partial charge >= 0.3 is 0 Å². The number of hydrogen-bond acceptors (Lipinski definition) is 7. The zero-order valence-electron chi connectivity index (χ0n) is 29.2. The van der Waals surface area contributed by atoms with Gasteiger partial charge in [0.05, 0.1) is 33.1 Å². The van der Waals surface area contributed by atoms with Crippen LogP contribution in [0.25, 0.3) is 5.69 Å². The maximum atomic E-state index is 13.8. The van der Waals surface area contributed by atoms with E-state index in [1.54, 1.807) is 16.4 Å². The van der Waals surface area contributed by atoms with E-state index in [1.807, 2.05) is 47.7 Å². The van der Waals surface area contributed by atoms with Gasteiger partial charge in [0.1, 0.15) is 0 Å². The maximum absolute atomic E-state index is 13.8. The molecule has 12 heteroatoms. The van der Waals surface area contributed by atoms with Gasteiger partial charge in [-0.15, -0.1) is 0 Å². The molecule has 49 heavy (non-hydrogen) atoms. The fourth-order valence-electron chi connectivity index (χ4n) is 7.90. The first-order chi connectivity index (χ1) is 23.3. The number of fused-ring (bicyclic) bond motifs is 1. The van der Waals surface area contributed by atoms with E-state index in [4.69, 9.17) is 10.8 Å². The van der Waals surface area contributed by atoms with Crippen LogP contribution in [0.5, 0.6) is 0 Å². The Hall–Kier alpha value is -3.90. The fourth-order valence-corrected chi connectivity index (χ4v) is 9.58. The number of sulfonamides is 1. The van der Waals surface area contributed by atoms with Crippen LogP contribution in [-0.4, -0.2) is 83.5 Å². The summed E-state index contributed by atoms with van der Waals surface area (Å²) in [7, 11) is -3.66. The second kappa shape index (κ2) is 12.8. The Balaban J connectivity index is 1.08. The van der Waals surface area contributed by atoms with Crippen molar-refractivity contribution in [1.29, 1.82) is 0 Å². The van der Waals surface area contributed by atoms with Crippen molar-refractivity contribution < 1.29 is 18.0 Å². The molecule has 0 radical (unpaired) electrons. The average Bonchev–Trinajstić information content (AvgIpc) is 3.84. The SMILES string of the molecule is Cc1cc(N2CCCCC2)ccc1S(=O)(=O)N1CCC(Nc2cc(-n3nc(C)c4c3CC(C)(C)N(CC3CC3)C4=O)ccc2C(N)=O)CC1. The summed E-state index contributed by atoms with van der Waals surface area (Å²) in [6.07, 6.45) is 7.73. The van der Waals surface area contributed by atoms with E-state index in [-0.39, 0.29) is 17.5 Å². The van der Waals surface area contributed by atoms with Crippen molar-refractivity contribution in [2.45, 2.75) is 95.5 Å². The van der Waals surface area contributed by atoms with Crippen LogP contribution in [-0.2, 0) is 16.4 Å². The monoisotopic (exact) mass is 687 g/mol. The molecule has 1 aromatic heterocycles. The minimum atomic E-state index is -3.66. The van der Waals surface area contributed by atoms with E-state index in [9.17, 15) is 18.0 Å². The highest BCUT2D eigenvalue weighted by atomic mass is 32.2. The van der Waals surface area contributed by atoms with Crippen LogP contribution in [0.3, 0.4) is 0 Å². The number of amides is 2. The van der Waals surface area contributed by atoms with Gasteiger partial charge < -0.3 is 20.9 Å². The molecular weight excluding hydrogens is 639 g/mol. The fraction of sp³-hybridized carbons (Fsp3) is 0.541. The lowest BCUT2D eigenvalue weighted by molar-refractivity contribution is 0.0487. The number of nitrogens with zero attached hydrogens (tertiary/aromatic N) is 5. The summed E-state index contributed by atoms with van der Waals surface area (Å²) in [6.45, 7) is 11.5. The summed E-state index contributed by atoms with van der Waals surface area (Å²) in [6, 6.07) is 11.0. The largest absolute Gasteiger partial charge is 0.382 e. The molecular formula is C37H49N7O4S.